The lowest BCUT2D eigenvalue weighted by atomic mass is 9.75. The fourth-order valence-electron chi connectivity index (χ4n) is 4.00. The summed E-state index contributed by atoms with van der Waals surface area (Å²) >= 11 is 0. The van der Waals surface area contributed by atoms with E-state index in [-0.39, 0.29) is 12.7 Å². The van der Waals surface area contributed by atoms with Gasteiger partial charge in [-0.3, -0.25) is 4.79 Å². The van der Waals surface area contributed by atoms with Crippen LogP contribution in [0.2, 0.25) is 0 Å². The predicted octanol–water partition coefficient (Wildman–Crippen LogP) is 3.07. The third-order valence-electron chi connectivity index (χ3n) is 5.20. The van der Waals surface area contributed by atoms with Crippen LogP contribution in [0.25, 0.3) is 0 Å². The maximum Gasteiger partial charge on any atom is 0.254 e. The normalized spacial score (nSPS) is 27.3. The number of likely N-dealkylation sites (tertiary alicyclic amines) is 1. The molecule has 21 heavy (non-hydrogen) atoms. The van der Waals surface area contributed by atoms with Crippen molar-refractivity contribution >= 4 is 5.91 Å². The van der Waals surface area contributed by atoms with Crippen LogP contribution in [0.4, 0.5) is 0 Å². The van der Waals surface area contributed by atoms with Crippen LogP contribution >= 0.6 is 0 Å². The van der Waals surface area contributed by atoms with E-state index in [1.54, 1.807) is 0 Å². The van der Waals surface area contributed by atoms with E-state index >= 15 is 0 Å². The average Bonchev–Trinajstić information content (AvgIpc) is 3.01. The minimum atomic E-state index is 0.136. The van der Waals surface area contributed by atoms with Crippen LogP contribution in [0.15, 0.2) is 18.2 Å². The highest BCUT2D eigenvalue weighted by atomic mass is 16.7. The maximum absolute atomic E-state index is 12.7. The van der Waals surface area contributed by atoms with Gasteiger partial charge < -0.3 is 14.4 Å². The fraction of sp³-hybridized carbons (Fsp3) is 0.588. The monoisotopic (exact) mass is 287 g/mol. The van der Waals surface area contributed by atoms with Gasteiger partial charge >= 0.3 is 0 Å². The van der Waals surface area contributed by atoms with Gasteiger partial charge in [0.25, 0.3) is 5.91 Å². The highest BCUT2D eigenvalue weighted by Crippen LogP contribution is 2.37. The van der Waals surface area contributed by atoms with Crippen LogP contribution < -0.4 is 9.47 Å². The van der Waals surface area contributed by atoms with Gasteiger partial charge in [0.05, 0.1) is 0 Å². The Morgan fingerprint density at radius 3 is 2.76 bits per heavy atom. The van der Waals surface area contributed by atoms with Gasteiger partial charge in [-0.2, -0.15) is 0 Å². The molecule has 0 radical (unpaired) electrons. The van der Waals surface area contributed by atoms with Crippen molar-refractivity contribution in [1.82, 2.24) is 4.90 Å². The quantitative estimate of drug-likeness (QED) is 0.797. The summed E-state index contributed by atoms with van der Waals surface area (Å²) in [7, 11) is 0. The van der Waals surface area contributed by atoms with Crippen LogP contribution in [0, 0.1) is 11.8 Å². The molecule has 1 amide bonds. The molecule has 2 aliphatic heterocycles. The second kappa shape index (κ2) is 5.24. The first-order valence-electron chi connectivity index (χ1n) is 8.00. The fourth-order valence-corrected chi connectivity index (χ4v) is 4.00. The minimum absolute atomic E-state index is 0.136. The van der Waals surface area contributed by atoms with Crippen LogP contribution in [0.1, 0.15) is 42.5 Å². The molecule has 0 bridgehead atoms. The number of nitrogens with zero attached hydrogens (tertiary/aromatic N) is 1. The number of hydrogen-bond acceptors (Lipinski definition) is 3. The maximum atomic E-state index is 12.7. The Hall–Kier alpha value is -1.71. The van der Waals surface area contributed by atoms with Gasteiger partial charge in [0, 0.05) is 18.7 Å². The van der Waals surface area contributed by atoms with E-state index in [2.05, 4.69) is 0 Å². The van der Waals surface area contributed by atoms with Crippen molar-refractivity contribution in [3.05, 3.63) is 23.8 Å². The molecule has 1 aliphatic carbocycles. The van der Waals surface area contributed by atoms with Gasteiger partial charge in [0.2, 0.25) is 6.79 Å². The molecule has 3 aliphatic rings. The van der Waals surface area contributed by atoms with Crippen LogP contribution in [0.3, 0.4) is 0 Å². The standard InChI is InChI=1S/C17H21NO3/c19-17(13-5-6-15-16(9-13)21-11-20-15)18-8-7-12-3-1-2-4-14(12)10-18/h5-6,9,12,14H,1-4,7-8,10-11H2/t12-,14+/m0/s1. The molecule has 1 saturated carbocycles. The molecule has 1 saturated heterocycles. The molecule has 4 heteroatoms. The molecule has 2 fully saturated rings. The predicted molar refractivity (Wildman–Crippen MR) is 78.5 cm³/mol. The molecule has 1 aromatic rings. The van der Waals surface area contributed by atoms with Crippen LogP contribution in [-0.4, -0.2) is 30.7 Å². The molecular weight excluding hydrogens is 266 g/mol. The first-order valence-corrected chi connectivity index (χ1v) is 8.00. The zero-order valence-electron chi connectivity index (χ0n) is 12.2. The number of fused-ring (bicyclic) bond motifs is 2. The molecule has 1 aromatic carbocycles. The highest BCUT2D eigenvalue weighted by molar-refractivity contribution is 5.95. The molecule has 0 spiro atoms. The molecule has 0 N–H and O–H groups in total. The van der Waals surface area contributed by atoms with Gasteiger partial charge in [-0.1, -0.05) is 19.3 Å². The molecule has 4 rings (SSSR count). The van der Waals surface area contributed by atoms with E-state index < -0.39 is 0 Å². The number of carbonyl (C=O) groups excluding carboxylic acids is 1. The number of amides is 1. The molecule has 0 aromatic heterocycles. The Bertz CT molecular complexity index is 557. The van der Waals surface area contributed by atoms with E-state index in [0.717, 1.165) is 24.8 Å². The van der Waals surface area contributed by atoms with E-state index in [9.17, 15) is 4.79 Å². The van der Waals surface area contributed by atoms with Crippen LogP contribution in [0.5, 0.6) is 11.5 Å². The van der Waals surface area contributed by atoms with Crippen molar-refractivity contribution in [2.24, 2.45) is 11.8 Å². The van der Waals surface area contributed by atoms with Gasteiger partial charge in [0.1, 0.15) is 0 Å². The number of rotatable bonds is 1. The van der Waals surface area contributed by atoms with Crippen molar-refractivity contribution in [2.45, 2.75) is 32.1 Å². The zero-order chi connectivity index (χ0) is 14.2. The van der Waals surface area contributed by atoms with Crippen molar-refractivity contribution in [1.29, 1.82) is 0 Å². The van der Waals surface area contributed by atoms with Gasteiger partial charge in [-0.05, 0) is 42.9 Å². The lowest BCUT2D eigenvalue weighted by molar-refractivity contribution is 0.0520. The number of ether oxygens (including phenoxy) is 2. The van der Waals surface area contributed by atoms with E-state index in [4.69, 9.17) is 9.47 Å². The van der Waals surface area contributed by atoms with Gasteiger partial charge in [-0.25, -0.2) is 0 Å². The Labute approximate surface area is 125 Å². The molecule has 112 valence electrons. The third-order valence-corrected chi connectivity index (χ3v) is 5.20. The van der Waals surface area contributed by atoms with E-state index in [1.807, 2.05) is 23.1 Å². The second-order valence-corrected chi connectivity index (χ2v) is 6.41. The van der Waals surface area contributed by atoms with Crippen molar-refractivity contribution in [3.8, 4) is 11.5 Å². The number of piperidine rings is 1. The van der Waals surface area contributed by atoms with E-state index in [1.165, 1.54) is 32.1 Å². The Balaban J connectivity index is 1.49. The minimum Gasteiger partial charge on any atom is -0.454 e. The summed E-state index contributed by atoms with van der Waals surface area (Å²) in [5.74, 6) is 3.12. The summed E-state index contributed by atoms with van der Waals surface area (Å²) in [6, 6.07) is 5.50. The SMILES string of the molecule is O=C(c1ccc2c(c1)OCO2)N1CC[C@@H]2CCCC[C@@H]2C1. The lowest BCUT2D eigenvalue weighted by Crippen LogP contribution is -2.44. The van der Waals surface area contributed by atoms with E-state index in [0.29, 0.717) is 17.2 Å². The van der Waals surface area contributed by atoms with Gasteiger partial charge in [0.15, 0.2) is 11.5 Å². The molecule has 4 nitrogen and oxygen atoms in total. The summed E-state index contributed by atoms with van der Waals surface area (Å²) in [6.07, 6.45) is 6.51. The summed E-state index contributed by atoms with van der Waals surface area (Å²) < 4.78 is 10.7. The summed E-state index contributed by atoms with van der Waals surface area (Å²) in [4.78, 5) is 14.7. The first-order chi connectivity index (χ1) is 10.3. The molecule has 2 atom stereocenters. The summed E-state index contributed by atoms with van der Waals surface area (Å²) in [6.45, 7) is 2.08. The highest BCUT2D eigenvalue weighted by Gasteiger charge is 2.33. The second-order valence-electron chi connectivity index (χ2n) is 6.41. The number of benzene rings is 1. The van der Waals surface area contributed by atoms with Crippen molar-refractivity contribution < 1.29 is 14.3 Å². The topological polar surface area (TPSA) is 38.8 Å². The Morgan fingerprint density at radius 1 is 1.05 bits per heavy atom. The first kappa shape index (κ1) is 13.0. The smallest absolute Gasteiger partial charge is 0.254 e. The molecular formula is C17H21NO3. The summed E-state index contributed by atoms with van der Waals surface area (Å²) in [5, 5.41) is 0. The summed E-state index contributed by atoms with van der Waals surface area (Å²) in [5.41, 5.74) is 0.716. The van der Waals surface area contributed by atoms with Crippen LogP contribution in [-0.2, 0) is 0 Å². The van der Waals surface area contributed by atoms with Crippen molar-refractivity contribution in [3.63, 3.8) is 0 Å². The molecule has 0 unspecified atom stereocenters. The Morgan fingerprint density at radius 2 is 1.86 bits per heavy atom. The Kier molecular flexibility index (Phi) is 3.24. The zero-order valence-corrected chi connectivity index (χ0v) is 12.2. The average molecular weight is 287 g/mol. The lowest BCUT2D eigenvalue weighted by Gasteiger charge is -2.41. The third kappa shape index (κ3) is 2.37. The number of carbonyl (C=O) groups is 1. The largest absolute Gasteiger partial charge is 0.454 e. The molecule has 2 heterocycles. The number of hydrogen-bond donors (Lipinski definition) is 0. The van der Waals surface area contributed by atoms with Gasteiger partial charge in [-0.15, -0.1) is 0 Å². The van der Waals surface area contributed by atoms with Crippen molar-refractivity contribution in [2.75, 3.05) is 19.9 Å².